The molecule has 0 saturated heterocycles. The minimum Gasteiger partial charge on any atom is -0.334 e. The Morgan fingerprint density at radius 1 is 1.43 bits per heavy atom. The average Bonchev–Trinajstić information content (AvgIpc) is 3.29. The van der Waals surface area contributed by atoms with Gasteiger partial charge in [-0.25, -0.2) is 0 Å². The van der Waals surface area contributed by atoms with Gasteiger partial charge in [0.05, 0.1) is 16.2 Å². The van der Waals surface area contributed by atoms with E-state index in [9.17, 15) is 4.79 Å². The predicted molar refractivity (Wildman–Crippen MR) is 83.0 cm³/mol. The Balaban J connectivity index is 1.81. The second kappa shape index (κ2) is 5.60. The Morgan fingerprint density at radius 2 is 2.10 bits per heavy atom. The van der Waals surface area contributed by atoms with Gasteiger partial charge in [0, 0.05) is 25.4 Å². The van der Waals surface area contributed by atoms with E-state index in [1.54, 1.807) is 24.3 Å². The molecule has 0 bridgehead atoms. The summed E-state index contributed by atoms with van der Waals surface area (Å²) in [5, 5.41) is 7.19. The largest absolute Gasteiger partial charge is 0.334 e. The fourth-order valence-corrected chi connectivity index (χ4v) is 3.01. The summed E-state index contributed by atoms with van der Waals surface area (Å²) >= 11 is 3.51. The highest BCUT2D eigenvalue weighted by atomic mass is 79.9. The third-order valence-electron chi connectivity index (χ3n) is 4.01. The zero-order valence-electron chi connectivity index (χ0n) is 12.0. The van der Waals surface area contributed by atoms with Crippen molar-refractivity contribution in [1.82, 2.24) is 20.1 Å². The number of nitrogens with one attached hydrogen (secondary N) is 1. The normalized spacial score (nSPS) is 15.8. The van der Waals surface area contributed by atoms with Crippen LogP contribution < -0.4 is 0 Å². The van der Waals surface area contributed by atoms with Gasteiger partial charge in [0.25, 0.3) is 5.91 Å². The number of H-pyrrole nitrogens is 1. The van der Waals surface area contributed by atoms with Gasteiger partial charge in [-0.1, -0.05) is 0 Å². The molecule has 1 atom stereocenters. The molecular weight excluding hydrogens is 332 g/mol. The maximum absolute atomic E-state index is 12.6. The number of aromatic nitrogens is 3. The Bertz CT molecular complexity index is 651. The van der Waals surface area contributed by atoms with E-state index in [0.29, 0.717) is 11.6 Å². The monoisotopic (exact) mass is 348 g/mol. The number of amides is 1. The minimum atomic E-state index is -0.0886. The second-order valence-electron chi connectivity index (χ2n) is 5.45. The molecule has 0 unspecified atom stereocenters. The van der Waals surface area contributed by atoms with Crippen LogP contribution in [0.2, 0.25) is 0 Å². The quantitative estimate of drug-likeness (QED) is 0.922. The fraction of sp³-hybridized carbons (Fsp3) is 0.400. The zero-order valence-corrected chi connectivity index (χ0v) is 13.6. The number of aromatic amines is 1. The lowest BCUT2D eigenvalue weighted by molar-refractivity contribution is 0.0735. The van der Waals surface area contributed by atoms with Gasteiger partial charge in [-0.2, -0.15) is 5.10 Å². The van der Waals surface area contributed by atoms with Crippen molar-refractivity contribution in [2.24, 2.45) is 0 Å². The van der Waals surface area contributed by atoms with E-state index in [-0.39, 0.29) is 11.9 Å². The van der Waals surface area contributed by atoms with Gasteiger partial charge < -0.3 is 4.90 Å². The summed E-state index contributed by atoms with van der Waals surface area (Å²) in [6.45, 7) is 2.00. The van der Waals surface area contributed by atoms with Crippen LogP contribution in [0.3, 0.4) is 0 Å². The van der Waals surface area contributed by atoms with E-state index >= 15 is 0 Å². The molecular formula is C15H17BrN4O. The first-order valence-corrected chi connectivity index (χ1v) is 7.79. The van der Waals surface area contributed by atoms with Crippen molar-refractivity contribution in [2.75, 3.05) is 7.05 Å². The third kappa shape index (κ3) is 2.72. The Labute approximate surface area is 131 Å². The molecule has 21 heavy (non-hydrogen) atoms. The standard InChI is InChI=1S/C15H17BrN4O/c1-9(10-5-7-17-8-6-10)20(2)15(21)14-12(16)13(18-19-14)11-3-4-11/h5-9,11H,3-4H2,1-2H3,(H,18,19)/t9-/m0/s1. The van der Waals surface area contributed by atoms with Crippen LogP contribution in [0.4, 0.5) is 0 Å². The van der Waals surface area contributed by atoms with Crippen LogP contribution in [0.25, 0.3) is 0 Å². The molecule has 0 aromatic carbocycles. The van der Waals surface area contributed by atoms with Crippen molar-refractivity contribution in [3.8, 4) is 0 Å². The van der Waals surface area contributed by atoms with E-state index in [4.69, 9.17) is 0 Å². The van der Waals surface area contributed by atoms with Gasteiger partial charge in [-0.15, -0.1) is 0 Å². The lowest BCUT2D eigenvalue weighted by atomic mass is 10.1. The Morgan fingerprint density at radius 3 is 2.71 bits per heavy atom. The van der Waals surface area contributed by atoms with E-state index in [0.717, 1.165) is 28.6 Å². The summed E-state index contributed by atoms with van der Waals surface area (Å²) in [6, 6.07) is 3.81. The predicted octanol–water partition coefficient (Wildman–Crippen LogP) is 3.28. The van der Waals surface area contributed by atoms with Crippen molar-refractivity contribution in [3.63, 3.8) is 0 Å². The van der Waals surface area contributed by atoms with Crippen molar-refractivity contribution in [3.05, 3.63) is 46.0 Å². The zero-order chi connectivity index (χ0) is 15.0. The summed E-state index contributed by atoms with van der Waals surface area (Å²) in [4.78, 5) is 18.3. The van der Waals surface area contributed by atoms with E-state index in [1.165, 1.54) is 0 Å². The molecule has 110 valence electrons. The number of hydrogen-bond donors (Lipinski definition) is 1. The van der Waals surface area contributed by atoms with E-state index < -0.39 is 0 Å². The highest BCUT2D eigenvalue weighted by Crippen LogP contribution is 2.43. The van der Waals surface area contributed by atoms with Gasteiger partial charge in [0.15, 0.2) is 5.69 Å². The van der Waals surface area contributed by atoms with Crippen LogP contribution in [-0.2, 0) is 0 Å². The molecule has 1 aliphatic carbocycles. The number of nitrogens with zero attached hydrogens (tertiary/aromatic N) is 3. The molecule has 2 heterocycles. The summed E-state index contributed by atoms with van der Waals surface area (Å²) < 4.78 is 0.809. The number of carbonyl (C=O) groups excluding carboxylic acids is 1. The van der Waals surface area contributed by atoms with E-state index in [2.05, 4.69) is 31.1 Å². The molecule has 0 aliphatic heterocycles. The molecule has 6 heteroatoms. The number of carbonyl (C=O) groups is 1. The van der Waals surface area contributed by atoms with Crippen molar-refractivity contribution in [2.45, 2.75) is 31.7 Å². The molecule has 1 aliphatic rings. The van der Waals surface area contributed by atoms with Crippen molar-refractivity contribution >= 4 is 21.8 Å². The first-order chi connectivity index (χ1) is 10.1. The molecule has 3 rings (SSSR count). The van der Waals surface area contributed by atoms with Gasteiger partial charge in [0.2, 0.25) is 0 Å². The molecule has 5 nitrogen and oxygen atoms in total. The maximum Gasteiger partial charge on any atom is 0.275 e. The summed E-state index contributed by atoms with van der Waals surface area (Å²) in [5.41, 5.74) is 2.55. The highest BCUT2D eigenvalue weighted by molar-refractivity contribution is 9.10. The molecule has 1 fully saturated rings. The molecule has 1 amide bonds. The maximum atomic E-state index is 12.6. The third-order valence-corrected chi connectivity index (χ3v) is 4.81. The van der Waals surface area contributed by atoms with Crippen LogP contribution in [0.1, 0.15) is 53.5 Å². The smallest absolute Gasteiger partial charge is 0.275 e. The second-order valence-corrected chi connectivity index (χ2v) is 6.24. The van der Waals surface area contributed by atoms with E-state index in [1.807, 2.05) is 19.1 Å². The summed E-state index contributed by atoms with van der Waals surface area (Å²) in [6.07, 6.45) is 5.80. The number of hydrogen-bond acceptors (Lipinski definition) is 3. The molecule has 0 spiro atoms. The topological polar surface area (TPSA) is 61.9 Å². The first kappa shape index (κ1) is 14.3. The van der Waals surface area contributed by atoms with Crippen LogP contribution in [0.15, 0.2) is 29.0 Å². The molecule has 2 aromatic rings. The van der Waals surface area contributed by atoms with Crippen molar-refractivity contribution in [1.29, 1.82) is 0 Å². The van der Waals surface area contributed by atoms with Crippen LogP contribution in [0, 0.1) is 0 Å². The summed E-state index contributed by atoms with van der Waals surface area (Å²) in [7, 11) is 1.80. The Kier molecular flexibility index (Phi) is 3.80. The van der Waals surface area contributed by atoms with Crippen LogP contribution >= 0.6 is 15.9 Å². The minimum absolute atomic E-state index is 0.0338. The van der Waals surface area contributed by atoms with Crippen molar-refractivity contribution < 1.29 is 4.79 Å². The van der Waals surface area contributed by atoms with Gasteiger partial charge in [-0.3, -0.25) is 14.9 Å². The molecule has 1 N–H and O–H groups in total. The highest BCUT2D eigenvalue weighted by Gasteiger charge is 2.32. The van der Waals surface area contributed by atoms with Crippen LogP contribution in [-0.4, -0.2) is 33.0 Å². The summed E-state index contributed by atoms with van der Waals surface area (Å²) in [5.74, 6) is 0.436. The number of rotatable bonds is 4. The molecule has 2 aromatic heterocycles. The Hall–Kier alpha value is -1.69. The SMILES string of the molecule is C[C@@H](c1ccncc1)N(C)C(=O)c1n[nH]c(C2CC2)c1Br. The lowest BCUT2D eigenvalue weighted by Gasteiger charge is -2.24. The average molecular weight is 349 g/mol. The van der Waals surface area contributed by atoms with Gasteiger partial charge >= 0.3 is 0 Å². The fourth-order valence-electron chi connectivity index (χ4n) is 2.33. The van der Waals surface area contributed by atoms with Gasteiger partial charge in [0.1, 0.15) is 0 Å². The number of pyridine rings is 1. The number of halogens is 1. The van der Waals surface area contributed by atoms with Crippen LogP contribution in [0.5, 0.6) is 0 Å². The van der Waals surface area contributed by atoms with Gasteiger partial charge in [-0.05, 0) is 53.4 Å². The first-order valence-electron chi connectivity index (χ1n) is 7.00. The molecule has 1 saturated carbocycles. The molecule has 0 radical (unpaired) electrons. The lowest BCUT2D eigenvalue weighted by Crippen LogP contribution is -2.30.